The normalized spacial score (nSPS) is 17.0. The number of methoxy groups -OCH3 is 1. The van der Waals surface area contributed by atoms with Crippen LogP contribution < -0.4 is 0 Å². The molecule has 0 aliphatic carbocycles. The first-order valence-corrected chi connectivity index (χ1v) is 8.48. The van der Waals surface area contributed by atoms with Crippen molar-refractivity contribution >= 4 is 5.91 Å². The van der Waals surface area contributed by atoms with E-state index in [4.69, 9.17) is 4.74 Å². The van der Waals surface area contributed by atoms with Gasteiger partial charge in [-0.2, -0.15) is 0 Å². The number of carbonyl (C=O) groups is 1. The number of aryl methyl sites for hydroxylation is 1. The summed E-state index contributed by atoms with van der Waals surface area (Å²) in [5.74, 6) is 1.14. The Bertz CT molecular complexity index is 706. The molecule has 1 aliphatic heterocycles. The largest absolute Gasteiger partial charge is 0.384 e. The summed E-state index contributed by atoms with van der Waals surface area (Å²) < 4.78 is 7.40. The summed E-state index contributed by atoms with van der Waals surface area (Å²) in [6, 6.07) is 8.18. The highest BCUT2D eigenvalue weighted by atomic mass is 16.5. The highest BCUT2D eigenvalue weighted by Gasteiger charge is 2.29. The number of nitrogens with zero attached hydrogens (tertiary/aromatic N) is 3. The van der Waals surface area contributed by atoms with Gasteiger partial charge in [0.05, 0.1) is 19.1 Å². The number of imidazole rings is 1. The summed E-state index contributed by atoms with van der Waals surface area (Å²) in [4.78, 5) is 19.2. The molecule has 1 aromatic carbocycles. The Morgan fingerprint density at radius 1 is 1.29 bits per heavy atom. The fourth-order valence-electron chi connectivity index (χ4n) is 3.29. The topological polar surface area (TPSA) is 47.4 Å². The van der Waals surface area contributed by atoms with Gasteiger partial charge in [0.15, 0.2) is 0 Å². The zero-order valence-corrected chi connectivity index (χ0v) is 14.7. The van der Waals surface area contributed by atoms with Crippen LogP contribution in [-0.2, 0) is 28.9 Å². The SMILES string of the molecule is COCCc1cnc2n1CCN(C(=O)Cc1ccc(C)cc1)[C@H]2C. The molecule has 0 fully saturated rings. The minimum atomic E-state index is 0.00740. The summed E-state index contributed by atoms with van der Waals surface area (Å²) >= 11 is 0. The third-order valence-corrected chi connectivity index (χ3v) is 4.73. The first kappa shape index (κ1) is 16.7. The molecule has 0 saturated heterocycles. The maximum Gasteiger partial charge on any atom is 0.227 e. The van der Waals surface area contributed by atoms with Crippen molar-refractivity contribution in [1.82, 2.24) is 14.5 Å². The predicted molar refractivity (Wildman–Crippen MR) is 92.8 cm³/mol. The molecule has 0 unspecified atom stereocenters. The molecule has 1 amide bonds. The number of hydrogen-bond acceptors (Lipinski definition) is 3. The van der Waals surface area contributed by atoms with Gasteiger partial charge in [0, 0.05) is 38.5 Å². The van der Waals surface area contributed by atoms with Crippen molar-refractivity contribution in [2.24, 2.45) is 0 Å². The van der Waals surface area contributed by atoms with Gasteiger partial charge in [-0.3, -0.25) is 4.79 Å². The summed E-state index contributed by atoms with van der Waals surface area (Å²) in [6.45, 7) is 6.34. The van der Waals surface area contributed by atoms with Crippen LogP contribution in [0, 0.1) is 6.92 Å². The quantitative estimate of drug-likeness (QED) is 0.848. The molecule has 0 spiro atoms. The van der Waals surface area contributed by atoms with Gasteiger partial charge in [-0.05, 0) is 19.4 Å². The predicted octanol–water partition coefficient (Wildman–Crippen LogP) is 2.53. The zero-order valence-electron chi connectivity index (χ0n) is 14.7. The van der Waals surface area contributed by atoms with E-state index in [2.05, 4.69) is 35.5 Å². The lowest BCUT2D eigenvalue weighted by Gasteiger charge is -2.34. The molecular weight excluding hydrogens is 302 g/mol. The highest BCUT2D eigenvalue weighted by Crippen LogP contribution is 2.26. The number of benzene rings is 1. The minimum absolute atomic E-state index is 0.00740. The molecule has 1 aromatic heterocycles. The van der Waals surface area contributed by atoms with Gasteiger partial charge in [0.25, 0.3) is 0 Å². The van der Waals surface area contributed by atoms with E-state index in [-0.39, 0.29) is 11.9 Å². The van der Waals surface area contributed by atoms with Crippen molar-refractivity contribution < 1.29 is 9.53 Å². The molecule has 0 saturated carbocycles. The average molecular weight is 327 g/mol. The van der Waals surface area contributed by atoms with Gasteiger partial charge >= 0.3 is 0 Å². The molecule has 2 heterocycles. The minimum Gasteiger partial charge on any atom is -0.384 e. The van der Waals surface area contributed by atoms with Crippen molar-refractivity contribution in [3.8, 4) is 0 Å². The fraction of sp³-hybridized carbons (Fsp3) is 0.474. The van der Waals surface area contributed by atoms with E-state index in [9.17, 15) is 4.79 Å². The van der Waals surface area contributed by atoms with Crippen molar-refractivity contribution in [2.75, 3.05) is 20.3 Å². The molecule has 5 heteroatoms. The molecule has 1 atom stereocenters. The third kappa shape index (κ3) is 3.36. The molecular formula is C19H25N3O2. The van der Waals surface area contributed by atoms with E-state index in [1.165, 1.54) is 11.3 Å². The van der Waals surface area contributed by atoms with Gasteiger partial charge in [-0.15, -0.1) is 0 Å². The van der Waals surface area contributed by atoms with E-state index in [1.54, 1.807) is 7.11 Å². The van der Waals surface area contributed by atoms with Crippen LogP contribution in [0.4, 0.5) is 0 Å². The molecule has 0 radical (unpaired) electrons. The second kappa shape index (κ2) is 7.18. The molecule has 24 heavy (non-hydrogen) atoms. The second-order valence-electron chi connectivity index (χ2n) is 6.43. The molecule has 0 bridgehead atoms. The van der Waals surface area contributed by atoms with Crippen LogP contribution >= 0.6 is 0 Å². The lowest BCUT2D eigenvalue weighted by molar-refractivity contribution is -0.133. The number of amides is 1. The number of hydrogen-bond donors (Lipinski definition) is 0. The van der Waals surface area contributed by atoms with Crippen molar-refractivity contribution in [3.63, 3.8) is 0 Å². The van der Waals surface area contributed by atoms with Crippen LogP contribution in [0.25, 0.3) is 0 Å². The van der Waals surface area contributed by atoms with E-state index in [1.807, 2.05) is 23.2 Å². The van der Waals surface area contributed by atoms with E-state index in [0.29, 0.717) is 13.0 Å². The van der Waals surface area contributed by atoms with Crippen LogP contribution in [0.2, 0.25) is 0 Å². The van der Waals surface area contributed by atoms with Gasteiger partial charge < -0.3 is 14.2 Å². The lowest BCUT2D eigenvalue weighted by Crippen LogP contribution is -2.42. The fourth-order valence-corrected chi connectivity index (χ4v) is 3.29. The van der Waals surface area contributed by atoms with Crippen molar-refractivity contribution in [3.05, 3.63) is 53.1 Å². The zero-order chi connectivity index (χ0) is 17.1. The average Bonchev–Trinajstić information content (AvgIpc) is 2.99. The Morgan fingerprint density at radius 3 is 2.75 bits per heavy atom. The monoisotopic (exact) mass is 327 g/mol. The van der Waals surface area contributed by atoms with Crippen LogP contribution in [0.15, 0.2) is 30.5 Å². The Balaban J connectivity index is 1.71. The van der Waals surface area contributed by atoms with E-state index in [0.717, 1.165) is 30.9 Å². The molecule has 2 aromatic rings. The number of carbonyl (C=O) groups excluding carboxylic acids is 1. The van der Waals surface area contributed by atoms with Crippen LogP contribution in [-0.4, -0.2) is 40.6 Å². The first-order valence-electron chi connectivity index (χ1n) is 8.48. The van der Waals surface area contributed by atoms with Crippen molar-refractivity contribution in [2.45, 2.75) is 39.3 Å². The summed E-state index contributed by atoms with van der Waals surface area (Å²) in [5, 5.41) is 0. The molecule has 3 rings (SSSR count). The lowest BCUT2D eigenvalue weighted by atomic mass is 10.1. The van der Waals surface area contributed by atoms with Crippen LogP contribution in [0.1, 0.15) is 35.6 Å². The Morgan fingerprint density at radius 2 is 2.04 bits per heavy atom. The van der Waals surface area contributed by atoms with E-state index >= 15 is 0 Å². The molecule has 5 nitrogen and oxygen atoms in total. The number of aromatic nitrogens is 2. The Labute approximate surface area is 143 Å². The van der Waals surface area contributed by atoms with Crippen molar-refractivity contribution in [1.29, 1.82) is 0 Å². The number of rotatable bonds is 5. The third-order valence-electron chi connectivity index (χ3n) is 4.73. The standard InChI is InChI=1S/C19H25N3O2/c1-14-4-6-16(7-5-14)12-18(23)21-9-10-22-17(8-11-24-3)13-20-19(22)15(21)2/h4-7,13,15H,8-12H2,1-3H3/t15-/m0/s1. The Hall–Kier alpha value is -2.14. The molecule has 1 aliphatic rings. The van der Waals surface area contributed by atoms with Gasteiger partial charge in [0.1, 0.15) is 5.82 Å². The first-order chi connectivity index (χ1) is 11.6. The maximum atomic E-state index is 12.7. The number of fused-ring (bicyclic) bond motifs is 1. The summed E-state index contributed by atoms with van der Waals surface area (Å²) in [7, 11) is 1.71. The Kier molecular flexibility index (Phi) is 5.00. The smallest absolute Gasteiger partial charge is 0.227 e. The summed E-state index contributed by atoms with van der Waals surface area (Å²) in [5.41, 5.74) is 3.46. The van der Waals surface area contributed by atoms with Gasteiger partial charge in [-0.1, -0.05) is 29.8 Å². The summed E-state index contributed by atoms with van der Waals surface area (Å²) in [6.07, 6.45) is 3.22. The van der Waals surface area contributed by atoms with Crippen LogP contribution in [0.3, 0.4) is 0 Å². The van der Waals surface area contributed by atoms with E-state index < -0.39 is 0 Å². The molecule has 0 N–H and O–H groups in total. The maximum absolute atomic E-state index is 12.7. The van der Waals surface area contributed by atoms with Gasteiger partial charge in [0.2, 0.25) is 5.91 Å². The molecule has 128 valence electrons. The van der Waals surface area contributed by atoms with Crippen LogP contribution in [0.5, 0.6) is 0 Å². The number of ether oxygens (including phenoxy) is 1. The van der Waals surface area contributed by atoms with Gasteiger partial charge in [-0.25, -0.2) is 4.98 Å². The second-order valence-corrected chi connectivity index (χ2v) is 6.43. The highest BCUT2D eigenvalue weighted by molar-refractivity contribution is 5.79.